The number of primary amides is 1. The van der Waals surface area contributed by atoms with Gasteiger partial charge in [0, 0.05) is 31.8 Å². The lowest BCUT2D eigenvalue weighted by molar-refractivity contribution is -0.898. The SMILES string of the molecule is CCN(Cc1ccc(OCc2ccccc2)cc1)C(=O)C[NH+]1CCC(C(N)=O)CC1. The van der Waals surface area contributed by atoms with E-state index in [0.717, 1.165) is 42.8 Å². The molecule has 0 radical (unpaired) electrons. The standard InChI is InChI=1S/C24H31N3O3/c1-2-27(23(28)17-26-14-12-21(13-15-26)24(25)29)16-19-8-10-22(11-9-19)30-18-20-6-4-3-5-7-20/h3-11,21H,2,12-18H2,1H3,(H2,25,29)/p+1. The summed E-state index contributed by atoms with van der Waals surface area (Å²) in [5.41, 5.74) is 7.61. The van der Waals surface area contributed by atoms with Gasteiger partial charge in [0.05, 0.1) is 13.1 Å². The van der Waals surface area contributed by atoms with Gasteiger partial charge in [-0.2, -0.15) is 0 Å². The molecular weight excluding hydrogens is 378 g/mol. The van der Waals surface area contributed by atoms with Gasteiger partial charge in [-0.05, 0) is 30.2 Å². The van der Waals surface area contributed by atoms with E-state index in [2.05, 4.69) is 0 Å². The van der Waals surface area contributed by atoms with Crippen molar-refractivity contribution in [2.75, 3.05) is 26.2 Å². The van der Waals surface area contributed by atoms with E-state index < -0.39 is 0 Å². The Hall–Kier alpha value is -2.86. The minimum Gasteiger partial charge on any atom is -0.489 e. The van der Waals surface area contributed by atoms with E-state index >= 15 is 0 Å². The molecule has 3 rings (SSSR count). The van der Waals surface area contributed by atoms with E-state index in [0.29, 0.717) is 26.2 Å². The zero-order valence-electron chi connectivity index (χ0n) is 17.7. The number of quaternary nitrogens is 1. The molecule has 1 aliphatic rings. The van der Waals surface area contributed by atoms with Gasteiger partial charge in [0.15, 0.2) is 6.54 Å². The molecule has 0 unspecified atom stereocenters. The maximum absolute atomic E-state index is 12.8. The summed E-state index contributed by atoms with van der Waals surface area (Å²) in [6.45, 7) is 5.92. The Morgan fingerprint density at radius 2 is 1.70 bits per heavy atom. The number of nitrogens with zero attached hydrogens (tertiary/aromatic N) is 1. The molecule has 0 spiro atoms. The van der Waals surface area contributed by atoms with Crippen molar-refractivity contribution < 1.29 is 19.2 Å². The summed E-state index contributed by atoms with van der Waals surface area (Å²) in [4.78, 5) is 27.2. The number of carbonyl (C=O) groups excluding carboxylic acids is 2. The summed E-state index contributed by atoms with van der Waals surface area (Å²) >= 11 is 0. The quantitative estimate of drug-likeness (QED) is 0.656. The number of benzene rings is 2. The normalized spacial score (nSPS) is 18.6. The highest BCUT2D eigenvalue weighted by atomic mass is 16.5. The second-order valence-electron chi connectivity index (χ2n) is 7.93. The summed E-state index contributed by atoms with van der Waals surface area (Å²) in [7, 11) is 0. The summed E-state index contributed by atoms with van der Waals surface area (Å²) in [6.07, 6.45) is 1.54. The van der Waals surface area contributed by atoms with Crippen molar-refractivity contribution in [2.45, 2.75) is 32.9 Å². The van der Waals surface area contributed by atoms with Gasteiger partial charge in [0.1, 0.15) is 12.4 Å². The highest BCUT2D eigenvalue weighted by molar-refractivity contribution is 5.77. The summed E-state index contributed by atoms with van der Waals surface area (Å²) in [5.74, 6) is 0.716. The molecule has 0 atom stereocenters. The van der Waals surface area contributed by atoms with Crippen molar-refractivity contribution in [3.63, 3.8) is 0 Å². The smallest absolute Gasteiger partial charge is 0.278 e. The third-order valence-electron chi connectivity index (χ3n) is 5.78. The average molecular weight is 411 g/mol. The van der Waals surface area contributed by atoms with Crippen LogP contribution >= 0.6 is 0 Å². The molecule has 2 amide bonds. The molecule has 1 saturated heterocycles. The number of piperidine rings is 1. The molecule has 0 aromatic heterocycles. The highest BCUT2D eigenvalue weighted by Crippen LogP contribution is 2.15. The number of likely N-dealkylation sites (tertiary alicyclic amines) is 1. The molecule has 6 heteroatoms. The molecule has 2 aromatic carbocycles. The Bertz CT molecular complexity index is 815. The number of rotatable bonds is 9. The van der Waals surface area contributed by atoms with Crippen molar-refractivity contribution in [3.8, 4) is 5.75 Å². The average Bonchev–Trinajstić information content (AvgIpc) is 2.78. The number of amides is 2. The molecule has 160 valence electrons. The van der Waals surface area contributed by atoms with Crippen molar-refractivity contribution in [1.82, 2.24) is 4.90 Å². The van der Waals surface area contributed by atoms with E-state index in [-0.39, 0.29) is 17.7 Å². The van der Waals surface area contributed by atoms with Crippen LogP contribution in [-0.2, 0) is 22.7 Å². The van der Waals surface area contributed by atoms with Crippen LogP contribution in [0.15, 0.2) is 54.6 Å². The molecular formula is C24H32N3O3+. The van der Waals surface area contributed by atoms with Gasteiger partial charge in [0.2, 0.25) is 5.91 Å². The van der Waals surface area contributed by atoms with E-state index in [1.807, 2.05) is 66.4 Å². The van der Waals surface area contributed by atoms with Gasteiger partial charge >= 0.3 is 0 Å². The first kappa shape index (κ1) is 21.8. The van der Waals surface area contributed by atoms with E-state index in [4.69, 9.17) is 10.5 Å². The van der Waals surface area contributed by atoms with Crippen LogP contribution in [0, 0.1) is 5.92 Å². The molecule has 0 bridgehead atoms. The van der Waals surface area contributed by atoms with Gasteiger partial charge in [-0.15, -0.1) is 0 Å². The van der Waals surface area contributed by atoms with Crippen LogP contribution in [0.5, 0.6) is 5.75 Å². The fraction of sp³-hybridized carbons (Fsp3) is 0.417. The first-order valence-corrected chi connectivity index (χ1v) is 10.7. The summed E-state index contributed by atoms with van der Waals surface area (Å²) in [5, 5.41) is 0. The van der Waals surface area contributed by atoms with E-state index in [1.54, 1.807) is 0 Å². The number of hydrogen-bond donors (Lipinski definition) is 2. The number of likely N-dealkylation sites (N-methyl/N-ethyl adjacent to an activating group) is 1. The fourth-order valence-electron chi connectivity index (χ4n) is 3.84. The lowest BCUT2D eigenvalue weighted by atomic mass is 9.96. The van der Waals surface area contributed by atoms with E-state index in [1.165, 1.54) is 4.90 Å². The minimum atomic E-state index is -0.216. The predicted molar refractivity (Wildman–Crippen MR) is 116 cm³/mol. The number of nitrogens with two attached hydrogens (primary N) is 1. The maximum Gasteiger partial charge on any atom is 0.278 e. The second kappa shape index (κ2) is 10.8. The zero-order valence-corrected chi connectivity index (χ0v) is 17.7. The van der Waals surface area contributed by atoms with Crippen LogP contribution in [0.1, 0.15) is 30.9 Å². The molecule has 30 heavy (non-hydrogen) atoms. The van der Waals surface area contributed by atoms with Crippen LogP contribution in [-0.4, -0.2) is 42.9 Å². The lowest BCUT2D eigenvalue weighted by Gasteiger charge is -2.29. The van der Waals surface area contributed by atoms with Gasteiger partial charge in [-0.3, -0.25) is 9.59 Å². The third kappa shape index (κ3) is 6.32. The molecule has 0 saturated carbocycles. The lowest BCUT2D eigenvalue weighted by Crippen LogP contribution is -3.14. The minimum absolute atomic E-state index is 0.0336. The Labute approximate surface area is 178 Å². The topological polar surface area (TPSA) is 77.1 Å². The molecule has 1 aliphatic heterocycles. The second-order valence-corrected chi connectivity index (χ2v) is 7.93. The van der Waals surface area contributed by atoms with Crippen molar-refractivity contribution in [3.05, 3.63) is 65.7 Å². The van der Waals surface area contributed by atoms with Crippen LogP contribution in [0.25, 0.3) is 0 Å². The van der Waals surface area contributed by atoms with Crippen molar-refractivity contribution >= 4 is 11.8 Å². The Balaban J connectivity index is 1.47. The highest BCUT2D eigenvalue weighted by Gasteiger charge is 2.28. The molecule has 1 fully saturated rings. The van der Waals surface area contributed by atoms with Crippen LogP contribution in [0.4, 0.5) is 0 Å². The van der Waals surface area contributed by atoms with Gasteiger partial charge < -0.3 is 20.3 Å². The Morgan fingerprint density at radius 1 is 1.03 bits per heavy atom. The number of carbonyl (C=O) groups is 2. The monoisotopic (exact) mass is 410 g/mol. The largest absolute Gasteiger partial charge is 0.489 e. The Morgan fingerprint density at radius 3 is 2.30 bits per heavy atom. The van der Waals surface area contributed by atoms with Crippen molar-refractivity contribution in [1.29, 1.82) is 0 Å². The number of nitrogens with one attached hydrogen (secondary N) is 1. The van der Waals surface area contributed by atoms with Gasteiger partial charge in [-0.1, -0.05) is 42.5 Å². The van der Waals surface area contributed by atoms with Crippen LogP contribution < -0.4 is 15.4 Å². The first-order chi connectivity index (χ1) is 14.5. The third-order valence-corrected chi connectivity index (χ3v) is 5.78. The van der Waals surface area contributed by atoms with Crippen LogP contribution in [0.3, 0.4) is 0 Å². The number of hydrogen-bond acceptors (Lipinski definition) is 3. The van der Waals surface area contributed by atoms with Gasteiger partial charge in [-0.25, -0.2) is 0 Å². The molecule has 6 nitrogen and oxygen atoms in total. The van der Waals surface area contributed by atoms with Crippen molar-refractivity contribution in [2.24, 2.45) is 11.7 Å². The summed E-state index contributed by atoms with van der Waals surface area (Å²) in [6, 6.07) is 18.0. The summed E-state index contributed by atoms with van der Waals surface area (Å²) < 4.78 is 5.83. The molecule has 2 aromatic rings. The fourth-order valence-corrected chi connectivity index (χ4v) is 3.84. The van der Waals surface area contributed by atoms with Crippen LogP contribution in [0.2, 0.25) is 0 Å². The molecule has 3 N–H and O–H groups in total. The zero-order chi connectivity index (χ0) is 21.3. The Kier molecular flexibility index (Phi) is 7.85. The predicted octanol–water partition coefficient (Wildman–Crippen LogP) is 1.39. The molecule has 0 aliphatic carbocycles. The number of ether oxygens (including phenoxy) is 1. The molecule has 1 heterocycles. The van der Waals surface area contributed by atoms with E-state index in [9.17, 15) is 9.59 Å². The maximum atomic E-state index is 12.8. The first-order valence-electron chi connectivity index (χ1n) is 10.7. The van der Waals surface area contributed by atoms with Gasteiger partial charge in [0.25, 0.3) is 5.91 Å².